The van der Waals surface area contributed by atoms with Crippen LogP contribution in [0, 0.1) is 0 Å². The predicted molar refractivity (Wildman–Crippen MR) is 115 cm³/mol. The second-order valence-electron chi connectivity index (χ2n) is 6.98. The van der Waals surface area contributed by atoms with Crippen LogP contribution in [-0.2, 0) is 4.79 Å². The maximum Gasteiger partial charge on any atom is 0.271 e. The van der Waals surface area contributed by atoms with Crippen LogP contribution in [0.15, 0.2) is 48.5 Å². The molecule has 150 valence electrons. The van der Waals surface area contributed by atoms with Crippen molar-refractivity contribution in [3.63, 3.8) is 0 Å². The number of carbonyl (C=O) groups is 2. The zero-order chi connectivity index (χ0) is 20.2. The minimum absolute atomic E-state index is 0.117. The highest BCUT2D eigenvalue weighted by atomic mass is 35.5. The van der Waals surface area contributed by atoms with E-state index >= 15 is 0 Å². The molecule has 0 aliphatic carbocycles. The quantitative estimate of drug-likeness (QED) is 0.617. The molecule has 2 aromatic carbocycles. The number of para-hydroxylation sites is 1. The Labute approximate surface area is 177 Å². The molecule has 2 amide bonds. The van der Waals surface area contributed by atoms with E-state index in [1.165, 1.54) is 0 Å². The van der Waals surface area contributed by atoms with Crippen LogP contribution in [0.3, 0.4) is 0 Å². The van der Waals surface area contributed by atoms with E-state index in [1.54, 1.807) is 35.6 Å². The number of nitrogens with one attached hydrogen (secondary N) is 2. The minimum atomic E-state index is -0.440. The van der Waals surface area contributed by atoms with E-state index < -0.39 is 5.91 Å². The van der Waals surface area contributed by atoms with Gasteiger partial charge in [0, 0.05) is 0 Å². The largest absolute Gasteiger partial charge is 0.285 e. The number of fused-ring (bicyclic) bond motifs is 1. The highest BCUT2D eigenvalue weighted by Crippen LogP contribution is 2.35. The zero-order valence-electron chi connectivity index (χ0n) is 15.7. The van der Waals surface area contributed by atoms with Crippen LogP contribution >= 0.6 is 22.9 Å². The lowest BCUT2D eigenvalue weighted by molar-refractivity contribution is -0.124. The molecule has 0 bridgehead atoms. The van der Waals surface area contributed by atoms with E-state index in [-0.39, 0.29) is 18.5 Å². The Kier molecular flexibility index (Phi) is 6.08. The van der Waals surface area contributed by atoms with E-state index in [2.05, 4.69) is 21.8 Å². The average Bonchev–Trinajstić information content (AvgIpc) is 3.17. The van der Waals surface area contributed by atoms with Crippen LogP contribution in [-0.4, -0.2) is 34.8 Å². The normalized spacial score (nSPS) is 17.2. The maximum absolute atomic E-state index is 12.5. The number of aromatic nitrogens is 1. The standard InChI is InChI=1S/C21H21ClN4O2S/c22-15-8-2-1-7-14(15)20(28)25-24-19(27)13-26-12-6-5-10-17(26)21-23-16-9-3-4-11-18(16)29-21/h1-4,7-9,11,17H,5-6,10,12-13H2,(H,24,27)(H,25,28). The molecule has 0 saturated carbocycles. The van der Waals surface area contributed by atoms with Gasteiger partial charge in [-0.1, -0.05) is 42.3 Å². The Morgan fingerprint density at radius 3 is 2.72 bits per heavy atom. The Bertz CT molecular complexity index is 1010. The number of rotatable bonds is 4. The number of carbonyl (C=O) groups excluding carboxylic acids is 2. The summed E-state index contributed by atoms with van der Waals surface area (Å²) >= 11 is 7.71. The molecule has 1 saturated heterocycles. The van der Waals surface area contributed by atoms with Crippen LogP contribution in [0.1, 0.15) is 40.7 Å². The first kappa shape index (κ1) is 19.8. The molecule has 1 fully saturated rings. The summed E-state index contributed by atoms with van der Waals surface area (Å²) in [6.45, 7) is 1.02. The van der Waals surface area contributed by atoms with Gasteiger partial charge in [0.15, 0.2) is 0 Å². The van der Waals surface area contributed by atoms with E-state index in [9.17, 15) is 9.59 Å². The molecule has 29 heavy (non-hydrogen) atoms. The number of piperidine rings is 1. The van der Waals surface area contributed by atoms with Gasteiger partial charge in [0.05, 0.1) is 33.4 Å². The van der Waals surface area contributed by atoms with Gasteiger partial charge >= 0.3 is 0 Å². The van der Waals surface area contributed by atoms with Gasteiger partial charge in [0.1, 0.15) is 5.01 Å². The lowest BCUT2D eigenvalue weighted by Crippen LogP contribution is -2.48. The van der Waals surface area contributed by atoms with Crippen molar-refractivity contribution in [3.05, 3.63) is 64.1 Å². The number of benzene rings is 2. The number of hydrogen-bond acceptors (Lipinski definition) is 5. The van der Waals surface area contributed by atoms with Crippen molar-refractivity contribution in [3.8, 4) is 0 Å². The summed E-state index contributed by atoms with van der Waals surface area (Å²) in [5.74, 6) is -0.705. The number of amides is 2. The van der Waals surface area contributed by atoms with Crippen LogP contribution in [0.25, 0.3) is 10.2 Å². The van der Waals surface area contributed by atoms with E-state index in [0.717, 1.165) is 41.0 Å². The van der Waals surface area contributed by atoms with E-state index in [0.29, 0.717) is 10.6 Å². The molecule has 1 aliphatic rings. The SMILES string of the molecule is O=C(CN1CCCCC1c1nc2ccccc2s1)NNC(=O)c1ccccc1Cl. The third-order valence-electron chi connectivity index (χ3n) is 4.99. The lowest BCUT2D eigenvalue weighted by Gasteiger charge is -2.33. The van der Waals surface area contributed by atoms with E-state index in [4.69, 9.17) is 16.6 Å². The Balaban J connectivity index is 1.39. The van der Waals surface area contributed by atoms with Gasteiger partial charge < -0.3 is 0 Å². The first-order chi connectivity index (χ1) is 14.1. The van der Waals surface area contributed by atoms with Crippen LogP contribution in [0.2, 0.25) is 5.02 Å². The second kappa shape index (κ2) is 8.90. The van der Waals surface area contributed by atoms with Gasteiger partial charge in [-0.05, 0) is 43.7 Å². The fourth-order valence-electron chi connectivity index (χ4n) is 3.56. The number of halogens is 1. The van der Waals surface area contributed by atoms with Crippen molar-refractivity contribution < 1.29 is 9.59 Å². The number of hydrogen-bond donors (Lipinski definition) is 2. The van der Waals surface area contributed by atoms with Crippen molar-refractivity contribution in [2.45, 2.75) is 25.3 Å². The minimum Gasteiger partial charge on any atom is -0.285 e. The first-order valence-corrected chi connectivity index (χ1v) is 10.7. The van der Waals surface area contributed by atoms with Gasteiger partial charge in [-0.3, -0.25) is 25.3 Å². The molecule has 6 nitrogen and oxygen atoms in total. The molecule has 4 rings (SSSR count). The smallest absolute Gasteiger partial charge is 0.271 e. The molecule has 2 heterocycles. The summed E-state index contributed by atoms with van der Waals surface area (Å²) in [6, 6.07) is 14.9. The summed E-state index contributed by atoms with van der Waals surface area (Å²) in [4.78, 5) is 31.6. The molecule has 1 aliphatic heterocycles. The first-order valence-electron chi connectivity index (χ1n) is 9.55. The lowest BCUT2D eigenvalue weighted by atomic mass is 10.0. The van der Waals surface area contributed by atoms with Crippen molar-refractivity contribution in [1.82, 2.24) is 20.7 Å². The topological polar surface area (TPSA) is 74.3 Å². The number of thiazole rings is 1. The molecule has 3 aromatic rings. The van der Waals surface area contributed by atoms with Gasteiger partial charge in [-0.2, -0.15) is 0 Å². The summed E-state index contributed by atoms with van der Waals surface area (Å²) in [7, 11) is 0. The molecule has 1 unspecified atom stereocenters. The second-order valence-corrected chi connectivity index (χ2v) is 8.45. The number of likely N-dealkylation sites (tertiary alicyclic amines) is 1. The van der Waals surface area contributed by atoms with Gasteiger partial charge in [0.2, 0.25) is 0 Å². The fraction of sp³-hybridized carbons (Fsp3) is 0.286. The van der Waals surface area contributed by atoms with Crippen molar-refractivity contribution >= 4 is 45.0 Å². The molecule has 1 aromatic heterocycles. The summed E-state index contributed by atoms with van der Waals surface area (Å²) in [5, 5.41) is 1.38. The number of nitrogens with zero attached hydrogens (tertiary/aromatic N) is 2. The fourth-order valence-corrected chi connectivity index (χ4v) is 4.91. The highest BCUT2D eigenvalue weighted by molar-refractivity contribution is 7.18. The summed E-state index contributed by atoms with van der Waals surface area (Å²) in [6.07, 6.45) is 3.13. The number of hydrazine groups is 1. The molecule has 1 atom stereocenters. The highest BCUT2D eigenvalue weighted by Gasteiger charge is 2.28. The van der Waals surface area contributed by atoms with Gasteiger partial charge in [-0.25, -0.2) is 4.98 Å². The monoisotopic (exact) mass is 428 g/mol. The van der Waals surface area contributed by atoms with Gasteiger partial charge in [-0.15, -0.1) is 11.3 Å². The Hall–Kier alpha value is -2.48. The third-order valence-corrected chi connectivity index (χ3v) is 6.46. The maximum atomic E-state index is 12.5. The Morgan fingerprint density at radius 2 is 1.90 bits per heavy atom. The zero-order valence-corrected chi connectivity index (χ0v) is 17.3. The van der Waals surface area contributed by atoms with Crippen molar-refractivity contribution in [1.29, 1.82) is 0 Å². The summed E-state index contributed by atoms with van der Waals surface area (Å²) < 4.78 is 1.16. The van der Waals surface area contributed by atoms with E-state index in [1.807, 2.05) is 18.2 Å². The summed E-state index contributed by atoms with van der Waals surface area (Å²) in [5.41, 5.74) is 6.26. The van der Waals surface area contributed by atoms with Crippen molar-refractivity contribution in [2.24, 2.45) is 0 Å². The molecular formula is C21H21ClN4O2S. The van der Waals surface area contributed by atoms with Crippen molar-refractivity contribution in [2.75, 3.05) is 13.1 Å². The van der Waals surface area contributed by atoms with Crippen LogP contribution in [0.5, 0.6) is 0 Å². The average molecular weight is 429 g/mol. The molecule has 8 heteroatoms. The predicted octanol–water partition coefficient (Wildman–Crippen LogP) is 3.94. The molecule has 2 N–H and O–H groups in total. The molecular weight excluding hydrogens is 408 g/mol. The van der Waals surface area contributed by atoms with Crippen LogP contribution < -0.4 is 10.9 Å². The molecule has 0 radical (unpaired) electrons. The molecule has 0 spiro atoms. The Morgan fingerprint density at radius 1 is 1.10 bits per heavy atom. The van der Waals surface area contributed by atoms with Gasteiger partial charge in [0.25, 0.3) is 11.8 Å². The van der Waals surface area contributed by atoms with Crippen LogP contribution in [0.4, 0.5) is 0 Å². The third kappa shape index (κ3) is 4.58.